The number of amides is 2. The number of carboxylic acid groups (broad SMARTS) is 1. The predicted octanol–water partition coefficient (Wildman–Crippen LogP) is 6.99. The number of rotatable bonds is 14. The highest BCUT2D eigenvalue weighted by Gasteiger charge is 2.43. The van der Waals surface area contributed by atoms with Gasteiger partial charge in [-0.15, -0.1) is 0 Å². The Kier molecular flexibility index (Phi) is 13.2. The first kappa shape index (κ1) is 37.0. The van der Waals surface area contributed by atoms with E-state index in [0.29, 0.717) is 12.8 Å². The molecule has 0 heterocycles. The molecule has 0 aliphatic rings. The van der Waals surface area contributed by atoms with Crippen molar-refractivity contribution in [3.05, 3.63) is 71.8 Å². The molecular weight excluding hydrogens is 572 g/mol. The third-order valence-electron chi connectivity index (χ3n) is 8.14. The van der Waals surface area contributed by atoms with Gasteiger partial charge >= 0.3 is 12.1 Å². The Balaban J connectivity index is 2.61. The standard InChI is InChI=1S/C35H54N2O6Si/c1-24(2)30(32(39)40)37-31(38)27(21-25-17-13-11-14-18-25)23-29(43-44(9,10)35(6,7)8)28(22-26-19-15-12-16-20-26)36-33(41)42-34(3,4)5/h11-20,24,27-30H,21-23H2,1-10H3,(H,36,41)(H,37,38)(H,39,40)/t27-,28+,29-,30-/m0/s1. The highest BCUT2D eigenvalue weighted by molar-refractivity contribution is 6.74. The van der Waals surface area contributed by atoms with E-state index in [1.165, 1.54) is 0 Å². The highest BCUT2D eigenvalue weighted by Crippen LogP contribution is 2.39. The second kappa shape index (κ2) is 15.7. The number of hydrogen-bond donors (Lipinski definition) is 3. The Morgan fingerprint density at radius 3 is 1.75 bits per heavy atom. The molecular formula is C35H54N2O6Si. The van der Waals surface area contributed by atoms with E-state index in [2.05, 4.69) is 44.5 Å². The normalized spacial score (nSPS) is 15.2. The fourth-order valence-corrected chi connectivity index (χ4v) is 6.07. The topological polar surface area (TPSA) is 114 Å². The lowest BCUT2D eigenvalue weighted by Crippen LogP contribution is -2.55. The molecule has 0 saturated heterocycles. The van der Waals surface area contributed by atoms with Gasteiger partial charge in [0.1, 0.15) is 11.6 Å². The Morgan fingerprint density at radius 1 is 0.818 bits per heavy atom. The molecule has 244 valence electrons. The number of benzene rings is 2. The van der Waals surface area contributed by atoms with Crippen LogP contribution < -0.4 is 10.6 Å². The average molecular weight is 627 g/mol. The van der Waals surface area contributed by atoms with Gasteiger partial charge in [-0.1, -0.05) is 95.3 Å². The third kappa shape index (κ3) is 12.1. The van der Waals surface area contributed by atoms with E-state index in [0.717, 1.165) is 11.1 Å². The largest absolute Gasteiger partial charge is 0.480 e. The Bertz CT molecular complexity index is 1210. The van der Waals surface area contributed by atoms with Gasteiger partial charge in [0.15, 0.2) is 8.32 Å². The molecule has 0 fully saturated rings. The smallest absolute Gasteiger partial charge is 0.407 e. The van der Waals surface area contributed by atoms with E-state index in [1.54, 1.807) is 13.8 Å². The first-order chi connectivity index (χ1) is 20.3. The Labute approximate surface area is 265 Å². The van der Waals surface area contributed by atoms with Gasteiger partial charge in [0.05, 0.1) is 12.1 Å². The molecule has 44 heavy (non-hydrogen) atoms. The van der Waals surface area contributed by atoms with E-state index in [1.807, 2.05) is 81.4 Å². The first-order valence-electron chi connectivity index (χ1n) is 15.6. The molecule has 0 aromatic heterocycles. The number of carbonyl (C=O) groups is 3. The minimum absolute atomic E-state index is 0.141. The number of alkyl carbamates (subject to hydrolysis) is 1. The maximum atomic E-state index is 13.9. The number of carboxylic acids is 1. The van der Waals surface area contributed by atoms with E-state index in [4.69, 9.17) is 9.16 Å². The summed E-state index contributed by atoms with van der Waals surface area (Å²) in [7, 11) is -2.43. The predicted molar refractivity (Wildman–Crippen MR) is 178 cm³/mol. The lowest BCUT2D eigenvalue weighted by Gasteiger charge is -2.42. The van der Waals surface area contributed by atoms with Crippen LogP contribution in [0, 0.1) is 11.8 Å². The van der Waals surface area contributed by atoms with Gasteiger partial charge in [-0.3, -0.25) is 4.79 Å². The molecule has 0 spiro atoms. The fourth-order valence-electron chi connectivity index (χ4n) is 4.70. The van der Waals surface area contributed by atoms with Crippen LogP contribution >= 0.6 is 0 Å². The molecule has 0 aliphatic carbocycles. The van der Waals surface area contributed by atoms with Crippen molar-refractivity contribution in [3.63, 3.8) is 0 Å². The van der Waals surface area contributed by atoms with E-state index < -0.39 is 50.1 Å². The van der Waals surface area contributed by atoms with Crippen LogP contribution in [0.2, 0.25) is 18.1 Å². The van der Waals surface area contributed by atoms with Crippen LogP contribution in [0.25, 0.3) is 0 Å². The third-order valence-corrected chi connectivity index (χ3v) is 12.6. The van der Waals surface area contributed by atoms with Gasteiger partial charge in [-0.05, 0) is 75.2 Å². The zero-order chi connectivity index (χ0) is 33.3. The molecule has 0 saturated carbocycles. The van der Waals surface area contributed by atoms with Crippen molar-refractivity contribution in [2.24, 2.45) is 11.8 Å². The summed E-state index contributed by atoms with van der Waals surface area (Å²) in [5.41, 5.74) is 1.26. The van der Waals surface area contributed by atoms with Crippen molar-refractivity contribution in [2.75, 3.05) is 0 Å². The molecule has 9 heteroatoms. The van der Waals surface area contributed by atoms with Crippen molar-refractivity contribution in [2.45, 2.75) is 117 Å². The SMILES string of the molecule is CC(C)[C@H](NC(=O)[C@@H](Cc1ccccc1)C[C@H](O[Si](C)(C)C(C)(C)C)[C@@H](Cc1ccccc1)NC(=O)OC(C)(C)C)C(=O)O. The summed E-state index contributed by atoms with van der Waals surface area (Å²) in [6.45, 7) is 19.7. The summed E-state index contributed by atoms with van der Waals surface area (Å²) < 4.78 is 12.7. The van der Waals surface area contributed by atoms with Crippen LogP contribution in [0.3, 0.4) is 0 Å². The summed E-state index contributed by atoms with van der Waals surface area (Å²) in [6.07, 6.45) is -0.00492. The lowest BCUT2D eigenvalue weighted by molar-refractivity contribution is -0.144. The summed E-state index contributed by atoms with van der Waals surface area (Å²) in [6, 6.07) is 18.0. The molecule has 4 atom stereocenters. The Morgan fingerprint density at radius 2 is 1.32 bits per heavy atom. The molecule has 0 bridgehead atoms. The van der Waals surface area contributed by atoms with Gasteiger partial charge in [-0.25, -0.2) is 9.59 Å². The van der Waals surface area contributed by atoms with Crippen LogP contribution in [-0.4, -0.2) is 55.2 Å². The van der Waals surface area contributed by atoms with Gasteiger partial charge in [-0.2, -0.15) is 0 Å². The molecule has 2 rings (SSSR count). The van der Waals surface area contributed by atoms with Crippen molar-refractivity contribution in [1.82, 2.24) is 10.6 Å². The van der Waals surface area contributed by atoms with Crippen LogP contribution in [0.1, 0.15) is 72.9 Å². The summed E-state index contributed by atoms with van der Waals surface area (Å²) in [5.74, 6) is -2.34. The monoisotopic (exact) mass is 626 g/mol. The fraction of sp³-hybridized carbons (Fsp3) is 0.571. The Hall–Kier alpha value is -3.17. The molecule has 2 aromatic carbocycles. The zero-order valence-corrected chi connectivity index (χ0v) is 29.3. The minimum atomic E-state index is -2.43. The zero-order valence-electron chi connectivity index (χ0n) is 28.3. The van der Waals surface area contributed by atoms with Crippen LogP contribution in [-0.2, 0) is 31.6 Å². The molecule has 2 aromatic rings. The highest BCUT2D eigenvalue weighted by atomic mass is 28.4. The number of carbonyl (C=O) groups excluding carboxylic acids is 2. The van der Waals surface area contributed by atoms with Crippen LogP contribution in [0.5, 0.6) is 0 Å². The molecule has 0 unspecified atom stereocenters. The van der Waals surface area contributed by atoms with Crippen LogP contribution in [0.4, 0.5) is 4.79 Å². The van der Waals surface area contributed by atoms with E-state index in [9.17, 15) is 19.5 Å². The minimum Gasteiger partial charge on any atom is -0.480 e. The van der Waals surface area contributed by atoms with Gasteiger partial charge in [0, 0.05) is 5.92 Å². The summed E-state index contributed by atoms with van der Waals surface area (Å²) >= 11 is 0. The first-order valence-corrected chi connectivity index (χ1v) is 18.5. The van der Waals surface area contributed by atoms with E-state index in [-0.39, 0.29) is 23.3 Å². The van der Waals surface area contributed by atoms with Gasteiger partial charge < -0.3 is 24.9 Å². The molecule has 3 N–H and O–H groups in total. The quantitative estimate of drug-likeness (QED) is 0.195. The van der Waals surface area contributed by atoms with Crippen molar-refractivity contribution in [1.29, 1.82) is 0 Å². The van der Waals surface area contributed by atoms with Gasteiger partial charge in [0.25, 0.3) is 0 Å². The number of aliphatic carboxylic acids is 1. The molecule has 2 amide bonds. The maximum Gasteiger partial charge on any atom is 0.407 e. The lowest BCUT2D eigenvalue weighted by atomic mass is 9.88. The second-order valence-electron chi connectivity index (χ2n) is 14.5. The van der Waals surface area contributed by atoms with E-state index >= 15 is 0 Å². The second-order valence-corrected chi connectivity index (χ2v) is 19.3. The molecule has 0 radical (unpaired) electrons. The number of nitrogens with one attached hydrogen (secondary N) is 2. The van der Waals surface area contributed by atoms with Crippen molar-refractivity contribution in [3.8, 4) is 0 Å². The summed E-state index contributed by atoms with van der Waals surface area (Å²) in [5, 5.41) is 15.6. The van der Waals surface area contributed by atoms with Crippen LogP contribution in [0.15, 0.2) is 60.7 Å². The number of hydrogen-bond acceptors (Lipinski definition) is 5. The van der Waals surface area contributed by atoms with Crippen molar-refractivity contribution >= 4 is 26.3 Å². The summed E-state index contributed by atoms with van der Waals surface area (Å²) in [4.78, 5) is 39.2. The number of ether oxygens (including phenoxy) is 1. The van der Waals surface area contributed by atoms with Crippen molar-refractivity contribution < 1.29 is 28.7 Å². The maximum absolute atomic E-state index is 13.9. The molecule has 0 aliphatic heterocycles. The molecule has 8 nitrogen and oxygen atoms in total. The average Bonchev–Trinajstić information content (AvgIpc) is 2.89. The van der Waals surface area contributed by atoms with Gasteiger partial charge in [0.2, 0.25) is 5.91 Å².